The highest BCUT2D eigenvalue weighted by Crippen LogP contribution is 2.45. The second-order valence-electron chi connectivity index (χ2n) is 14.0. The number of rotatable bonds is 6. The van der Waals surface area contributed by atoms with E-state index in [0.29, 0.717) is 5.82 Å². The minimum Gasteiger partial charge on any atom is -0.265 e. The first-order chi connectivity index (χ1) is 27.7. The lowest BCUT2D eigenvalue weighted by molar-refractivity contribution is 1.18. The lowest BCUT2D eigenvalue weighted by atomic mass is 9.93. The molecule has 0 bridgehead atoms. The second-order valence-corrected chi connectivity index (χ2v) is 16.1. The fraction of sp³-hybridized carbons (Fsp3) is 0. The normalized spacial score (nSPS) is 11.6. The van der Waals surface area contributed by atoms with E-state index >= 15 is 0 Å². The molecule has 0 amide bonds. The molecule has 0 saturated heterocycles. The molecule has 0 fully saturated rings. The Labute approximate surface area is 331 Å². The van der Waals surface area contributed by atoms with Gasteiger partial charge in [-0.3, -0.25) is 4.98 Å². The van der Waals surface area contributed by atoms with Crippen molar-refractivity contribution < 1.29 is 0 Å². The summed E-state index contributed by atoms with van der Waals surface area (Å²) in [5.41, 5.74) is 11.8. The van der Waals surface area contributed by atoms with Crippen LogP contribution in [0.15, 0.2) is 188 Å². The highest BCUT2D eigenvalue weighted by Gasteiger charge is 2.18. The summed E-state index contributed by atoms with van der Waals surface area (Å²) in [5.74, 6) is 0.683. The summed E-state index contributed by atoms with van der Waals surface area (Å²) in [6.07, 6.45) is 3.66. The molecule has 0 N–H and O–H groups in total. The molecule has 11 rings (SSSR count). The molecule has 0 aliphatic rings. The minimum atomic E-state index is 0.683. The van der Waals surface area contributed by atoms with Crippen LogP contribution in [-0.2, 0) is 0 Å². The van der Waals surface area contributed by atoms with Crippen molar-refractivity contribution in [1.82, 2.24) is 15.0 Å². The van der Waals surface area contributed by atoms with E-state index in [-0.39, 0.29) is 0 Å². The molecule has 0 radical (unpaired) electrons. The van der Waals surface area contributed by atoms with Gasteiger partial charge >= 0.3 is 0 Å². The predicted molar refractivity (Wildman–Crippen MR) is 238 cm³/mol. The maximum Gasteiger partial charge on any atom is 0.160 e. The molecule has 7 aromatic carbocycles. The van der Waals surface area contributed by atoms with Crippen LogP contribution in [-0.4, -0.2) is 15.0 Å². The number of hydrogen-bond donors (Lipinski definition) is 0. The highest BCUT2D eigenvalue weighted by molar-refractivity contribution is 7.26. The Hall–Kier alpha value is -6.79. The molecule has 4 aromatic heterocycles. The van der Waals surface area contributed by atoms with Crippen molar-refractivity contribution in [2.75, 3.05) is 0 Å². The number of fused-ring (bicyclic) bond motifs is 6. The van der Waals surface area contributed by atoms with Gasteiger partial charge in [0.25, 0.3) is 0 Å². The average molecular weight is 750 g/mol. The largest absolute Gasteiger partial charge is 0.265 e. The van der Waals surface area contributed by atoms with Crippen LogP contribution in [0.1, 0.15) is 0 Å². The van der Waals surface area contributed by atoms with Gasteiger partial charge in [0.1, 0.15) is 0 Å². The number of thiophene rings is 2. The zero-order valence-corrected chi connectivity index (χ0v) is 31.7. The molecule has 5 heteroatoms. The SMILES string of the molecule is c1ccc(-c2cc(-c3cc(-c4cccc5c4sc4ccccc45)cc(-c4cccc5c4sc4ccccc45)c3)nc(-c3cccc(-c4ccncc4)c3)n2)cc1. The molecule has 0 saturated carbocycles. The van der Waals surface area contributed by atoms with E-state index in [1.54, 1.807) is 0 Å². The van der Waals surface area contributed by atoms with Gasteiger partial charge in [0.2, 0.25) is 0 Å². The van der Waals surface area contributed by atoms with E-state index < -0.39 is 0 Å². The van der Waals surface area contributed by atoms with Crippen LogP contribution in [0, 0.1) is 0 Å². The average Bonchev–Trinajstić information content (AvgIpc) is 3.86. The van der Waals surface area contributed by atoms with Crippen LogP contribution in [0.4, 0.5) is 0 Å². The zero-order chi connectivity index (χ0) is 37.0. The third-order valence-electron chi connectivity index (χ3n) is 10.6. The monoisotopic (exact) mass is 749 g/mol. The third-order valence-corrected chi connectivity index (χ3v) is 13.0. The van der Waals surface area contributed by atoms with Gasteiger partial charge in [-0.2, -0.15) is 0 Å². The van der Waals surface area contributed by atoms with E-state index in [9.17, 15) is 0 Å². The van der Waals surface area contributed by atoms with Crippen molar-refractivity contribution >= 4 is 63.0 Å². The number of hydrogen-bond acceptors (Lipinski definition) is 5. The number of aromatic nitrogens is 3. The fourth-order valence-corrected chi connectivity index (χ4v) is 10.4. The van der Waals surface area contributed by atoms with Crippen molar-refractivity contribution in [1.29, 1.82) is 0 Å². The van der Waals surface area contributed by atoms with E-state index in [4.69, 9.17) is 9.97 Å². The van der Waals surface area contributed by atoms with Gasteiger partial charge in [-0.25, -0.2) is 9.97 Å². The fourth-order valence-electron chi connectivity index (χ4n) is 7.90. The minimum absolute atomic E-state index is 0.683. The van der Waals surface area contributed by atoms with Gasteiger partial charge in [-0.05, 0) is 88.0 Å². The maximum absolute atomic E-state index is 5.38. The van der Waals surface area contributed by atoms with E-state index in [2.05, 4.69) is 163 Å². The molecule has 56 heavy (non-hydrogen) atoms. The Morgan fingerprint density at radius 2 is 0.804 bits per heavy atom. The summed E-state index contributed by atoms with van der Waals surface area (Å²) in [7, 11) is 0. The van der Waals surface area contributed by atoms with E-state index in [1.807, 2.05) is 53.3 Å². The Morgan fingerprint density at radius 3 is 1.45 bits per heavy atom. The molecule has 11 aromatic rings. The van der Waals surface area contributed by atoms with Crippen LogP contribution in [0.2, 0.25) is 0 Å². The second kappa shape index (κ2) is 13.5. The molecule has 3 nitrogen and oxygen atoms in total. The molecule has 0 aliphatic carbocycles. The molecule has 0 unspecified atom stereocenters. The maximum atomic E-state index is 5.38. The van der Waals surface area contributed by atoms with Gasteiger partial charge in [-0.15, -0.1) is 22.7 Å². The van der Waals surface area contributed by atoms with Crippen LogP contribution < -0.4 is 0 Å². The van der Waals surface area contributed by atoms with Crippen molar-refractivity contribution in [2.24, 2.45) is 0 Å². The molecule has 0 aliphatic heterocycles. The summed E-state index contributed by atoms with van der Waals surface area (Å²) < 4.78 is 5.17. The Balaban J connectivity index is 1.17. The Morgan fingerprint density at radius 1 is 0.321 bits per heavy atom. The van der Waals surface area contributed by atoms with Gasteiger partial charge in [-0.1, -0.05) is 121 Å². The van der Waals surface area contributed by atoms with Crippen molar-refractivity contribution in [3.63, 3.8) is 0 Å². The molecule has 0 spiro atoms. The lowest BCUT2D eigenvalue weighted by Gasteiger charge is -2.14. The number of pyridine rings is 1. The van der Waals surface area contributed by atoms with Crippen molar-refractivity contribution in [3.05, 3.63) is 188 Å². The number of nitrogens with zero attached hydrogens (tertiary/aromatic N) is 3. The zero-order valence-electron chi connectivity index (χ0n) is 30.1. The Kier molecular flexibility index (Phi) is 7.87. The van der Waals surface area contributed by atoms with Crippen LogP contribution in [0.3, 0.4) is 0 Å². The summed E-state index contributed by atoms with van der Waals surface area (Å²) in [6.45, 7) is 0. The summed E-state index contributed by atoms with van der Waals surface area (Å²) in [4.78, 5) is 14.8. The topological polar surface area (TPSA) is 38.7 Å². The van der Waals surface area contributed by atoms with Crippen molar-refractivity contribution in [2.45, 2.75) is 0 Å². The van der Waals surface area contributed by atoms with Gasteiger partial charge < -0.3 is 0 Å². The first-order valence-electron chi connectivity index (χ1n) is 18.7. The van der Waals surface area contributed by atoms with Crippen LogP contribution in [0.25, 0.3) is 108 Å². The smallest absolute Gasteiger partial charge is 0.160 e. The third kappa shape index (κ3) is 5.68. The Bertz CT molecular complexity index is 3120. The standard InChI is InChI=1S/C51H31N3S2/c1-2-11-33(12-3-1)45-31-46(54-51(53-45)35-14-8-13-34(27-35)32-23-25-52-26-24-32)38-29-36(39-17-9-19-43-41-15-4-6-21-47(41)55-49(39)43)28-37(30-38)40-18-10-20-44-42-16-5-7-22-48(42)56-50(40)44/h1-31H. The number of benzene rings is 7. The van der Waals surface area contributed by atoms with Gasteiger partial charge in [0.15, 0.2) is 5.82 Å². The van der Waals surface area contributed by atoms with Gasteiger partial charge in [0.05, 0.1) is 11.4 Å². The molecule has 262 valence electrons. The van der Waals surface area contributed by atoms with Gasteiger partial charge in [0, 0.05) is 69.4 Å². The quantitative estimate of drug-likeness (QED) is 0.170. The first kappa shape index (κ1) is 32.6. The highest BCUT2D eigenvalue weighted by atomic mass is 32.1. The van der Waals surface area contributed by atoms with E-state index in [1.165, 1.54) is 51.5 Å². The summed E-state index contributed by atoms with van der Waals surface area (Å²) >= 11 is 3.73. The van der Waals surface area contributed by atoms with E-state index in [0.717, 1.165) is 50.3 Å². The lowest BCUT2D eigenvalue weighted by Crippen LogP contribution is -1.97. The molecular formula is C51H31N3S2. The predicted octanol–water partition coefficient (Wildman–Crippen LogP) is 14.6. The summed E-state index contributed by atoms with van der Waals surface area (Å²) in [6, 6.07) is 63.0. The molecular weight excluding hydrogens is 719 g/mol. The van der Waals surface area contributed by atoms with Crippen LogP contribution >= 0.6 is 22.7 Å². The van der Waals surface area contributed by atoms with Crippen molar-refractivity contribution in [3.8, 4) is 67.3 Å². The molecule has 0 atom stereocenters. The first-order valence-corrected chi connectivity index (χ1v) is 20.3. The molecule has 4 heterocycles. The summed E-state index contributed by atoms with van der Waals surface area (Å²) in [5, 5.41) is 5.16. The van der Waals surface area contributed by atoms with Crippen LogP contribution in [0.5, 0.6) is 0 Å².